The van der Waals surface area contributed by atoms with E-state index in [4.69, 9.17) is 11.6 Å². The van der Waals surface area contributed by atoms with E-state index in [9.17, 15) is 4.79 Å². The van der Waals surface area contributed by atoms with Gasteiger partial charge in [0.05, 0.1) is 6.20 Å². The van der Waals surface area contributed by atoms with Crippen LogP contribution in [0.2, 0.25) is 0 Å². The highest BCUT2D eigenvalue weighted by molar-refractivity contribution is 6.67. The Hall–Kier alpha value is -1.49. The predicted molar refractivity (Wildman–Crippen MR) is 41.9 cm³/mol. The van der Waals surface area contributed by atoms with Gasteiger partial charge in [-0.15, -0.1) is 0 Å². The molecular formula is C6H3ClN4O. The molecule has 0 aliphatic rings. The number of hydrogen-bond donors (Lipinski definition) is 1. The zero-order valence-corrected chi connectivity index (χ0v) is 6.54. The number of fused-ring (bicyclic) bond motifs is 1. The lowest BCUT2D eigenvalue weighted by Gasteiger charge is -1.89. The summed E-state index contributed by atoms with van der Waals surface area (Å²) >= 11 is 5.20. The molecule has 0 bridgehead atoms. The topological polar surface area (TPSA) is 71.5 Å². The molecule has 0 fully saturated rings. The van der Waals surface area contributed by atoms with Crippen LogP contribution in [0.15, 0.2) is 12.4 Å². The summed E-state index contributed by atoms with van der Waals surface area (Å²) in [7, 11) is 0. The molecule has 0 aliphatic heterocycles. The molecule has 2 aromatic heterocycles. The standard InChI is InChI=1S/C6H3ClN4O/c7-5(12)3-1-8-6-4(10-3)2-9-11-6/h1-2H,(H,8,9,11). The van der Waals surface area contributed by atoms with E-state index in [2.05, 4.69) is 20.2 Å². The lowest BCUT2D eigenvalue weighted by atomic mass is 10.4. The van der Waals surface area contributed by atoms with Crippen LogP contribution in [0.4, 0.5) is 0 Å². The van der Waals surface area contributed by atoms with Crippen molar-refractivity contribution >= 4 is 28.0 Å². The SMILES string of the molecule is O=C(Cl)c1cnc2n[nH]cc2n1. The molecule has 2 aromatic rings. The highest BCUT2D eigenvalue weighted by Crippen LogP contribution is 2.05. The molecule has 1 N–H and O–H groups in total. The first-order valence-corrected chi connectivity index (χ1v) is 3.51. The third-order valence-corrected chi connectivity index (χ3v) is 1.55. The largest absolute Gasteiger partial charge is 0.281 e. The minimum atomic E-state index is -0.620. The molecule has 0 atom stereocenters. The van der Waals surface area contributed by atoms with Crippen molar-refractivity contribution in [3.63, 3.8) is 0 Å². The lowest BCUT2D eigenvalue weighted by Crippen LogP contribution is -1.94. The molecule has 12 heavy (non-hydrogen) atoms. The molecule has 2 heterocycles. The number of nitrogens with zero attached hydrogens (tertiary/aromatic N) is 3. The van der Waals surface area contributed by atoms with E-state index < -0.39 is 5.24 Å². The van der Waals surface area contributed by atoms with Crippen LogP contribution in [0, 0.1) is 0 Å². The van der Waals surface area contributed by atoms with Gasteiger partial charge in [-0.25, -0.2) is 9.97 Å². The number of carbonyl (C=O) groups is 1. The van der Waals surface area contributed by atoms with Crippen LogP contribution in [-0.4, -0.2) is 25.4 Å². The summed E-state index contributed by atoms with van der Waals surface area (Å²) in [5.74, 6) is 0. The van der Waals surface area contributed by atoms with E-state index in [1.54, 1.807) is 6.20 Å². The highest BCUT2D eigenvalue weighted by Gasteiger charge is 2.06. The lowest BCUT2D eigenvalue weighted by molar-refractivity contribution is 0.107. The summed E-state index contributed by atoms with van der Waals surface area (Å²) in [5, 5.41) is 5.72. The highest BCUT2D eigenvalue weighted by atomic mass is 35.5. The fourth-order valence-corrected chi connectivity index (χ4v) is 0.920. The number of halogens is 1. The van der Waals surface area contributed by atoms with Gasteiger partial charge in [-0.1, -0.05) is 0 Å². The maximum absolute atomic E-state index is 10.6. The number of carbonyl (C=O) groups excluding carboxylic acids is 1. The van der Waals surface area contributed by atoms with Crippen molar-refractivity contribution < 1.29 is 4.79 Å². The van der Waals surface area contributed by atoms with Gasteiger partial charge in [0.25, 0.3) is 5.24 Å². The van der Waals surface area contributed by atoms with Gasteiger partial charge in [-0.2, -0.15) is 5.10 Å². The van der Waals surface area contributed by atoms with Crippen LogP contribution < -0.4 is 0 Å². The minimum absolute atomic E-state index is 0.130. The van der Waals surface area contributed by atoms with E-state index >= 15 is 0 Å². The minimum Gasteiger partial charge on any atom is -0.281 e. The second-order valence-corrected chi connectivity index (χ2v) is 2.47. The van der Waals surface area contributed by atoms with Crippen molar-refractivity contribution in [1.29, 1.82) is 0 Å². The summed E-state index contributed by atoms with van der Waals surface area (Å²) in [4.78, 5) is 18.4. The smallest absolute Gasteiger partial charge is 0.272 e. The van der Waals surface area contributed by atoms with Crippen LogP contribution in [0.3, 0.4) is 0 Å². The van der Waals surface area contributed by atoms with Gasteiger partial charge in [0.1, 0.15) is 11.2 Å². The molecule has 6 heteroatoms. The Morgan fingerprint density at radius 3 is 3.17 bits per heavy atom. The fourth-order valence-electron chi connectivity index (χ4n) is 0.829. The van der Waals surface area contributed by atoms with Gasteiger partial charge in [0, 0.05) is 6.20 Å². The Bertz CT molecular complexity index is 438. The van der Waals surface area contributed by atoms with E-state index in [0.717, 1.165) is 0 Å². The van der Waals surface area contributed by atoms with Gasteiger partial charge in [0.2, 0.25) is 0 Å². The zero-order valence-electron chi connectivity index (χ0n) is 5.78. The zero-order chi connectivity index (χ0) is 8.55. The van der Waals surface area contributed by atoms with E-state index in [1.807, 2.05) is 0 Å². The van der Waals surface area contributed by atoms with E-state index in [1.165, 1.54) is 6.20 Å². The summed E-state index contributed by atoms with van der Waals surface area (Å²) in [5.41, 5.74) is 1.13. The molecule has 2 rings (SSSR count). The molecule has 0 aromatic carbocycles. The Balaban J connectivity index is 2.68. The van der Waals surface area contributed by atoms with Crippen LogP contribution in [0.25, 0.3) is 11.2 Å². The monoisotopic (exact) mass is 182 g/mol. The van der Waals surface area contributed by atoms with Gasteiger partial charge in [-0.05, 0) is 11.6 Å². The van der Waals surface area contributed by atoms with Crippen LogP contribution in [-0.2, 0) is 0 Å². The van der Waals surface area contributed by atoms with Gasteiger partial charge < -0.3 is 0 Å². The molecule has 0 spiro atoms. The third-order valence-electron chi connectivity index (χ3n) is 1.35. The van der Waals surface area contributed by atoms with Crippen molar-refractivity contribution in [3.8, 4) is 0 Å². The van der Waals surface area contributed by atoms with Gasteiger partial charge >= 0.3 is 0 Å². The Kier molecular flexibility index (Phi) is 1.51. The fraction of sp³-hybridized carbons (Fsp3) is 0. The number of nitrogens with one attached hydrogen (secondary N) is 1. The maximum Gasteiger partial charge on any atom is 0.272 e. The van der Waals surface area contributed by atoms with E-state index in [0.29, 0.717) is 11.2 Å². The first-order chi connectivity index (χ1) is 5.77. The average molecular weight is 183 g/mol. The second-order valence-electron chi connectivity index (χ2n) is 2.12. The normalized spacial score (nSPS) is 10.4. The second kappa shape index (κ2) is 2.53. The van der Waals surface area contributed by atoms with Crippen LogP contribution >= 0.6 is 11.6 Å². The summed E-state index contributed by atoms with van der Waals surface area (Å²) in [6.07, 6.45) is 2.84. The Morgan fingerprint density at radius 2 is 2.42 bits per heavy atom. The molecule has 0 radical (unpaired) electrons. The molecule has 0 saturated carbocycles. The molecule has 60 valence electrons. The number of H-pyrrole nitrogens is 1. The van der Waals surface area contributed by atoms with Crippen molar-refractivity contribution in [1.82, 2.24) is 20.2 Å². The van der Waals surface area contributed by atoms with Crippen molar-refractivity contribution in [2.24, 2.45) is 0 Å². The quantitative estimate of drug-likeness (QED) is 0.660. The molecular weight excluding hydrogens is 180 g/mol. The molecule has 0 amide bonds. The summed E-state index contributed by atoms with van der Waals surface area (Å²) in [6.45, 7) is 0. The number of hydrogen-bond acceptors (Lipinski definition) is 4. The van der Waals surface area contributed by atoms with Crippen molar-refractivity contribution in [2.75, 3.05) is 0 Å². The average Bonchev–Trinajstić information content (AvgIpc) is 2.49. The summed E-state index contributed by atoms with van der Waals surface area (Å²) in [6, 6.07) is 0. The maximum atomic E-state index is 10.6. The van der Waals surface area contributed by atoms with Gasteiger partial charge in [-0.3, -0.25) is 9.89 Å². The van der Waals surface area contributed by atoms with Crippen LogP contribution in [0.1, 0.15) is 10.5 Å². The van der Waals surface area contributed by atoms with Gasteiger partial charge in [0.15, 0.2) is 5.65 Å². The number of aromatic nitrogens is 4. The summed E-state index contributed by atoms with van der Waals surface area (Å²) < 4.78 is 0. The third kappa shape index (κ3) is 1.04. The molecule has 0 saturated heterocycles. The number of rotatable bonds is 1. The Morgan fingerprint density at radius 1 is 1.58 bits per heavy atom. The van der Waals surface area contributed by atoms with Crippen molar-refractivity contribution in [2.45, 2.75) is 0 Å². The molecule has 0 unspecified atom stereocenters. The number of aromatic amines is 1. The van der Waals surface area contributed by atoms with Crippen molar-refractivity contribution in [3.05, 3.63) is 18.1 Å². The predicted octanol–water partition coefficient (Wildman–Crippen LogP) is 0.732. The molecule has 5 nitrogen and oxygen atoms in total. The first kappa shape index (κ1) is 7.17. The Labute approximate surface area is 71.8 Å². The van der Waals surface area contributed by atoms with Crippen LogP contribution in [0.5, 0.6) is 0 Å². The molecule has 0 aliphatic carbocycles. The first-order valence-electron chi connectivity index (χ1n) is 3.14. The van der Waals surface area contributed by atoms with E-state index in [-0.39, 0.29) is 5.69 Å².